The Bertz CT molecular complexity index is 908. The highest BCUT2D eigenvalue weighted by Gasteiger charge is 2.06. The summed E-state index contributed by atoms with van der Waals surface area (Å²) in [6, 6.07) is 11.5. The van der Waals surface area contributed by atoms with Crippen molar-refractivity contribution >= 4 is 0 Å². The van der Waals surface area contributed by atoms with E-state index < -0.39 is 0 Å². The van der Waals surface area contributed by atoms with Gasteiger partial charge in [0.15, 0.2) is 0 Å². The van der Waals surface area contributed by atoms with Crippen molar-refractivity contribution < 1.29 is 0 Å². The molecule has 3 aromatic rings. The van der Waals surface area contributed by atoms with E-state index in [1.54, 1.807) is 13.1 Å². The van der Waals surface area contributed by atoms with E-state index >= 15 is 0 Å². The third kappa shape index (κ3) is 4.13. The van der Waals surface area contributed by atoms with Crippen LogP contribution < -0.4 is 11.2 Å². The first-order valence-corrected chi connectivity index (χ1v) is 8.11. The summed E-state index contributed by atoms with van der Waals surface area (Å²) in [6.45, 7) is 3.40. The number of benzene rings is 1. The van der Waals surface area contributed by atoms with Gasteiger partial charge < -0.3 is 9.88 Å². The molecule has 7 heteroatoms. The van der Waals surface area contributed by atoms with E-state index in [0.29, 0.717) is 18.8 Å². The van der Waals surface area contributed by atoms with Gasteiger partial charge in [-0.1, -0.05) is 12.1 Å². The summed E-state index contributed by atoms with van der Waals surface area (Å²) in [5.41, 5.74) is 2.12. The maximum Gasteiger partial charge on any atom is 0.328 e. The zero-order valence-corrected chi connectivity index (χ0v) is 14.3. The van der Waals surface area contributed by atoms with Gasteiger partial charge in [0.1, 0.15) is 0 Å². The van der Waals surface area contributed by atoms with Crippen LogP contribution >= 0.6 is 0 Å². The Morgan fingerprint density at radius 2 is 1.96 bits per heavy atom. The van der Waals surface area contributed by atoms with Crippen LogP contribution in [-0.4, -0.2) is 37.8 Å². The number of likely N-dealkylation sites (N-methyl/N-ethyl adjacent to an activating group) is 1. The van der Waals surface area contributed by atoms with Crippen molar-refractivity contribution in [3.8, 4) is 5.69 Å². The third-order valence-corrected chi connectivity index (χ3v) is 4.02. The smallest absolute Gasteiger partial charge is 0.311 e. The topological polar surface area (TPSA) is 75.9 Å². The molecule has 0 saturated carbocycles. The molecule has 0 spiro atoms. The molecule has 0 amide bonds. The number of H-pyrrole nitrogens is 1. The zero-order chi connectivity index (χ0) is 17.8. The Balaban J connectivity index is 1.60. The van der Waals surface area contributed by atoms with Crippen LogP contribution in [0.15, 0.2) is 58.4 Å². The largest absolute Gasteiger partial charge is 0.328 e. The molecule has 2 heterocycles. The first-order valence-electron chi connectivity index (χ1n) is 8.11. The van der Waals surface area contributed by atoms with Gasteiger partial charge in [-0.05, 0) is 37.7 Å². The summed E-state index contributed by atoms with van der Waals surface area (Å²) in [5, 5.41) is 4.20. The van der Waals surface area contributed by atoms with E-state index in [1.165, 1.54) is 10.6 Å². The van der Waals surface area contributed by atoms with Crippen molar-refractivity contribution in [3.05, 3.63) is 80.9 Å². The fraction of sp³-hybridized carbons (Fsp3) is 0.278. The van der Waals surface area contributed by atoms with Crippen molar-refractivity contribution in [1.29, 1.82) is 0 Å². The summed E-state index contributed by atoms with van der Waals surface area (Å²) in [6.07, 6.45) is 3.65. The fourth-order valence-electron chi connectivity index (χ4n) is 2.68. The third-order valence-electron chi connectivity index (χ3n) is 4.02. The lowest BCUT2D eigenvalue weighted by Crippen LogP contribution is -2.38. The molecule has 25 heavy (non-hydrogen) atoms. The summed E-state index contributed by atoms with van der Waals surface area (Å²) in [5.74, 6) is 0. The number of hydrogen-bond acceptors (Lipinski definition) is 4. The average Bonchev–Trinajstić information content (AvgIpc) is 3.09. The summed E-state index contributed by atoms with van der Waals surface area (Å²) in [7, 11) is 1.97. The molecule has 0 fully saturated rings. The number of aromatic amines is 1. The number of aromatic nitrogens is 4. The van der Waals surface area contributed by atoms with E-state index in [-0.39, 0.29) is 11.2 Å². The van der Waals surface area contributed by atoms with Crippen molar-refractivity contribution in [2.24, 2.45) is 0 Å². The van der Waals surface area contributed by atoms with Gasteiger partial charge in [0.25, 0.3) is 5.56 Å². The van der Waals surface area contributed by atoms with Gasteiger partial charge in [-0.3, -0.25) is 9.36 Å². The molecule has 0 unspecified atom stereocenters. The highest BCUT2D eigenvalue weighted by atomic mass is 16.2. The minimum Gasteiger partial charge on any atom is -0.311 e. The van der Waals surface area contributed by atoms with Crippen LogP contribution in [0.1, 0.15) is 11.3 Å². The lowest BCUT2D eigenvalue weighted by molar-refractivity contribution is 0.307. The highest BCUT2D eigenvalue weighted by molar-refractivity contribution is 5.33. The van der Waals surface area contributed by atoms with Crippen LogP contribution in [0, 0.1) is 6.92 Å². The minimum atomic E-state index is -0.359. The number of nitrogens with zero attached hydrogens (tertiary/aromatic N) is 4. The second-order valence-electron chi connectivity index (χ2n) is 6.10. The van der Waals surface area contributed by atoms with Crippen LogP contribution in [0.3, 0.4) is 0 Å². The Hall–Kier alpha value is -2.93. The molecule has 0 aliphatic heterocycles. The quantitative estimate of drug-likeness (QED) is 0.731. The maximum absolute atomic E-state index is 11.9. The zero-order valence-electron chi connectivity index (χ0n) is 14.3. The highest BCUT2D eigenvalue weighted by Crippen LogP contribution is 2.10. The van der Waals surface area contributed by atoms with E-state index in [9.17, 15) is 9.59 Å². The molecular formula is C18H21N5O2. The monoisotopic (exact) mass is 339 g/mol. The summed E-state index contributed by atoms with van der Waals surface area (Å²) < 4.78 is 3.04. The molecule has 1 aromatic carbocycles. The summed E-state index contributed by atoms with van der Waals surface area (Å²) >= 11 is 0. The Morgan fingerprint density at radius 3 is 2.60 bits per heavy atom. The van der Waals surface area contributed by atoms with E-state index in [0.717, 1.165) is 17.8 Å². The Kier molecular flexibility index (Phi) is 4.95. The van der Waals surface area contributed by atoms with Crippen LogP contribution in [0.5, 0.6) is 0 Å². The standard InChI is InChI=1S/C18H21N5O2/c1-14-12-17(24)22(18(25)20-14)11-10-21(2)13-15-4-6-16(7-5-15)23-9-3-8-19-23/h3-9,12H,10-11,13H2,1-2H3,(H,20,25). The molecule has 2 aromatic heterocycles. The molecule has 0 bridgehead atoms. The molecule has 130 valence electrons. The van der Waals surface area contributed by atoms with E-state index in [1.807, 2.05) is 36.1 Å². The molecule has 0 radical (unpaired) electrons. The SMILES string of the molecule is Cc1cc(=O)n(CCN(C)Cc2ccc(-n3cccn3)cc2)c(=O)[nH]1. The fourth-order valence-corrected chi connectivity index (χ4v) is 2.68. The van der Waals surface area contributed by atoms with Gasteiger partial charge in [0, 0.05) is 43.8 Å². The van der Waals surface area contributed by atoms with Crippen molar-refractivity contribution in [1.82, 2.24) is 24.2 Å². The number of rotatable bonds is 6. The van der Waals surface area contributed by atoms with Crippen molar-refractivity contribution in [2.45, 2.75) is 20.0 Å². The van der Waals surface area contributed by atoms with Crippen LogP contribution in [-0.2, 0) is 13.1 Å². The molecule has 0 aliphatic rings. The minimum absolute atomic E-state index is 0.266. The number of nitrogens with one attached hydrogen (secondary N) is 1. The second kappa shape index (κ2) is 7.31. The van der Waals surface area contributed by atoms with E-state index in [4.69, 9.17) is 0 Å². The van der Waals surface area contributed by atoms with E-state index in [2.05, 4.69) is 27.1 Å². The maximum atomic E-state index is 11.9. The molecule has 1 N–H and O–H groups in total. The first-order chi connectivity index (χ1) is 12.0. The molecule has 3 rings (SSSR count). The normalized spacial score (nSPS) is 11.2. The first kappa shape index (κ1) is 16.9. The molecule has 0 atom stereocenters. The van der Waals surface area contributed by atoms with Gasteiger partial charge >= 0.3 is 5.69 Å². The van der Waals surface area contributed by atoms with Crippen LogP contribution in [0.2, 0.25) is 0 Å². The molecule has 7 nitrogen and oxygen atoms in total. The van der Waals surface area contributed by atoms with Gasteiger partial charge in [-0.25, -0.2) is 9.48 Å². The number of aryl methyl sites for hydroxylation is 1. The van der Waals surface area contributed by atoms with Crippen molar-refractivity contribution in [3.63, 3.8) is 0 Å². The van der Waals surface area contributed by atoms with Gasteiger partial charge in [0.05, 0.1) is 5.69 Å². The van der Waals surface area contributed by atoms with Gasteiger partial charge in [-0.2, -0.15) is 5.10 Å². The van der Waals surface area contributed by atoms with Crippen LogP contribution in [0.25, 0.3) is 5.69 Å². The second-order valence-corrected chi connectivity index (χ2v) is 6.10. The van der Waals surface area contributed by atoms with Gasteiger partial charge in [0.2, 0.25) is 0 Å². The Labute approximate surface area is 145 Å². The lowest BCUT2D eigenvalue weighted by atomic mass is 10.2. The predicted octanol–water partition coefficient (Wildman–Crippen LogP) is 1.16. The predicted molar refractivity (Wildman–Crippen MR) is 96.0 cm³/mol. The van der Waals surface area contributed by atoms with Gasteiger partial charge in [-0.15, -0.1) is 0 Å². The average molecular weight is 339 g/mol. The molecular weight excluding hydrogens is 318 g/mol. The van der Waals surface area contributed by atoms with Crippen LogP contribution in [0.4, 0.5) is 0 Å². The lowest BCUT2D eigenvalue weighted by Gasteiger charge is -2.17. The van der Waals surface area contributed by atoms with Crippen molar-refractivity contribution in [2.75, 3.05) is 13.6 Å². The number of hydrogen-bond donors (Lipinski definition) is 1. The molecule has 0 saturated heterocycles. The molecule has 0 aliphatic carbocycles. The summed E-state index contributed by atoms with van der Waals surface area (Å²) in [4.78, 5) is 28.5. The Morgan fingerprint density at radius 1 is 1.20 bits per heavy atom.